The van der Waals surface area contributed by atoms with Gasteiger partial charge in [-0.1, -0.05) is 127 Å². The van der Waals surface area contributed by atoms with Crippen molar-refractivity contribution in [3.63, 3.8) is 0 Å². The molecule has 0 saturated carbocycles. The van der Waals surface area contributed by atoms with Crippen LogP contribution in [-0.4, -0.2) is 14.5 Å². The van der Waals surface area contributed by atoms with E-state index in [-0.39, 0.29) is 0 Å². The van der Waals surface area contributed by atoms with Gasteiger partial charge in [0.25, 0.3) is 0 Å². The first-order chi connectivity index (χ1) is 23.8. The molecule has 0 saturated heterocycles. The third kappa shape index (κ3) is 3.52. The monoisotopic (exact) mass is 627 g/mol. The Bertz CT molecular complexity index is 3080. The molecule has 0 aliphatic carbocycles. The van der Waals surface area contributed by atoms with Crippen molar-refractivity contribution in [3.05, 3.63) is 152 Å². The summed E-state index contributed by atoms with van der Waals surface area (Å²) in [5.41, 5.74) is 5.25. The van der Waals surface area contributed by atoms with Crippen LogP contribution in [-0.2, 0) is 0 Å². The normalized spacial score (nSPS) is 12.2. The van der Waals surface area contributed by atoms with Gasteiger partial charge in [-0.3, -0.25) is 4.57 Å². The fourth-order valence-corrected chi connectivity index (χ4v) is 9.03. The second-order valence-electron chi connectivity index (χ2n) is 12.5. The highest BCUT2D eigenvalue weighted by molar-refractivity contribution is 7.26. The van der Waals surface area contributed by atoms with Gasteiger partial charge in [-0.15, -0.1) is 11.3 Å². The molecule has 11 aromatic rings. The zero-order valence-corrected chi connectivity index (χ0v) is 26.5. The van der Waals surface area contributed by atoms with Crippen LogP contribution in [0, 0.1) is 0 Å². The Morgan fingerprint density at radius 3 is 1.81 bits per heavy atom. The average molecular weight is 628 g/mol. The first-order valence-corrected chi connectivity index (χ1v) is 17.1. The SMILES string of the molecule is c1ccc(-c2nc(-n3c4cc5ccccc5cc4c4c5c6ccccc6c6ccccc6c5ccc43)nc3c2sc2ccccc23)cc1. The number of thiophene rings is 1. The van der Waals surface area contributed by atoms with Crippen LogP contribution in [0.3, 0.4) is 0 Å². The van der Waals surface area contributed by atoms with Gasteiger partial charge in [0.15, 0.2) is 0 Å². The van der Waals surface area contributed by atoms with E-state index in [1.165, 1.54) is 58.6 Å². The van der Waals surface area contributed by atoms with Crippen molar-refractivity contribution in [2.75, 3.05) is 0 Å². The van der Waals surface area contributed by atoms with Crippen molar-refractivity contribution in [1.29, 1.82) is 0 Å². The molecule has 0 atom stereocenters. The average Bonchev–Trinajstić information content (AvgIpc) is 3.69. The molecule has 11 rings (SSSR count). The molecule has 3 heterocycles. The summed E-state index contributed by atoms with van der Waals surface area (Å²) in [5.74, 6) is 0.685. The summed E-state index contributed by atoms with van der Waals surface area (Å²) < 4.78 is 4.63. The summed E-state index contributed by atoms with van der Waals surface area (Å²) in [7, 11) is 0. The molecule has 0 N–H and O–H groups in total. The summed E-state index contributed by atoms with van der Waals surface area (Å²) in [6.45, 7) is 0. The van der Waals surface area contributed by atoms with E-state index in [0.717, 1.165) is 37.9 Å². The third-order valence-electron chi connectivity index (χ3n) is 9.96. The van der Waals surface area contributed by atoms with Crippen molar-refractivity contribution >= 4 is 96.5 Å². The molecule has 0 amide bonds. The minimum atomic E-state index is 0.685. The van der Waals surface area contributed by atoms with Gasteiger partial charge in [0.2, 0.25) is 5.95 Å². The van der Waals surface area contributed by atoms with E-state index in [0.29, 0.717) is 5.95 Å². The highest BCUT2D eigenvalue weighted by Gasteiger charge is 2.22. The number of benzene rings is 8. The van der Waals surface area contributed by atoms with E-state index in [4.69, 9.17) is 9.97 Å². The van der Waals surface area contributed by atoms with Gasteiger partial charge in [-0.2, -0.15) is 0 Å². The molecule has 0 fully saturated rings. The minimum Gasteiger partial charge on any atom is -0.278 e. The second-order valence-corrected chi connectivity index (χ2v) is 13.6. The molecule has 3 nitrogen and oxygen atoms in total. The van der Waals surface area contributed by atoms with Crippen LogP contribution in [0.4, 0.5) is 0 Å². The zero-order chi connectivity index (χ0) is 31.3. The molecule has 3 aromatic heterocycles. The lowest BCUT2D eigenvalue weighted by Crippen LogP contribution is -2.02. The topological polar surface area (TPSA) is 30.7 Å². The number of nitrogens with zero attached hydrogens (tertiary/aromatic N) is 3. The van der Waals surface area contributed by atoms with E-state index in [2.05, 4.69) is 156 Å². The number of hydrogen-bond acceptors (Lipinski definition) is 3. The molecule has 222 valence electrons. The molecule has 0 spiro atoms. The number of rotatable bonds is 2. The minimum absolute atomic E-state index is 0.685. The van der Waals surface area contributed by atoms with Crippen LogP contribution in [0.1, 0.15) is 0 Å². The van der Waals surface area contributed by atoms with Gasteiger partial charge in [0.05, 0.1) is 26.9 Å². The Hall–Kier alpha value is -6.10. The van der Waals surface area contributed by atoms with Crippen LogP contribution in [0.25, 0.3) is 102 Å². The quantitative estimate of drug-likeness (QED) is 0.179. The standard InChI is InChI=1S/C44H25N3S/c1-2-12-26(13-3-1)41-43-42(34-20-10-11-21-38(34)48-43)46-44(45-41)47-36-23-22-33-31-18-7-6-16-29(31)30-17-8-9-19-32(30)39(33)40(36)35-24-27-14-4-5-15-28(27)25-37(35)47/h1-25H. The Morgan fingerprint density at radius 2 is 1.04 bits per heavy atom. The number of hydrogen-bond donors (Lipinski definition) is 0. The maximum absolute atomic E-state index is 5.44. The van der Waals surface area contributed by atoms with Crippen molar-refractivity contribution in [2.45, 2.75) is 0 Å². The fraction of sp³-hybridized carbons (Fsp3) is 0. The highest BCUT2D eigenvalue weighted by Crippen LogP contribution is 2.45. The van der Waals surface area contributed by atoms with Crippen LogP contribution >= 0.6 is 11.3 Å². The predicted octanol–water partition coefficient (Wildman–Crippen LogP) is 12.2. The molecule has 0 bridgehead atoms. The van der Waals surface area contributed by atoms with Gasteiger partial charge in [-0.05, 0) is 62.0 Å². The van der Waals surface area contributed by atoms with E-state index in [1.54, 1.807) is 11.3 Å². The van der Waals surface area contributed by atoms with E-state index in [1.807, 2.05) is 0 Å². The lowest BCUT2D eigenvalue weighted by atomic mass is 9.91. The van der Waals surface area contributed by atoms with Crippen LogP contribution in [0.5, 0.6) is 0 Å². The van der Waals surface area contributed by atoms with E-state index in [9.17, 15) is 0 Å². The summed E-state index contributed by atoms with van der Waals surface area (Å²) in [6.07, 6.45) is 0. The molecule has 4 heteroatoms. The molecule has 48 heavy (non-hydrogen) atoms. The number of fused-ring (bicyclic) bond motifs is 14. The molecule has 0 unspecified atom stereocenters. The van der Waals surface area contributed by atoms with E-state index < -0.39 is 0 Å². The van der Waals surface area contributed by atoms with Crippen molar-refractivity contribution in [2.24, 2.45) is 0 Å². The van der Waals surface area contributed by atoms with Crippen molar-refractivity contribution in [1.82, 2.24) is 14.5 Å². The Morgan fingerprint density at radius 1 is 0.438 bits per heavy atom. The molecule has 0 aliphatic heterocycles. The number of aromatic nitrogens is 3. The lowest BCUT2D eigenvalue weighted by molar-refractivity contribution is 1.02. The van der Waals surface area contributed by atoms with Gasteiger partial charge in [0, 0.05) is 31.8 Å². The summed E-state index contributed by atoms with van der Waals surface area (Å²) in [5, 5.41) is 13.6. The molecular weight excluding hydrogens is 603 g/mol. The van der Waals surface area contributed by atoms with Gasteiger partial charge in [-0.25, -0.2) is 9.97 Å². The second kappa shape index (κ2) is 9.71. The maximum Gasteiger partial charge on any atom is 0.235 e. The fourth-order valence-electron chi connectivity index (χ4n) is 7.87. The Balaban J connectivity index is 1.37. The van der Waals surface area contributed by atoms with Crippen LogP contribution in [0.2, 0.25) is 0 Å². The summed E-state index contributed by atoms with van der Waals surface area (Å²) >= 11 is 1.77. The first kappa shape index (κ1) is 26.0. The molecule has 0 aliphatic rings. The molecular formula is C44H25N3S. The van der Waals surface area contributed by atoms with Crippen molar-refractivity contribution in [3.8, 4) is 17.2 Å². The lowest BCUT2D eigenvalue weighted by Gasteiger charge is -2.13. The summed E-state index contributed by atoms with van der Waals surface area (Å²) in [4.78, 5) is 10.9. The van der Waals surface area contributed by atoms with Crippen LogP contribution in [0.15, 0.2) is 152 Å². The smallest absolute Gasteiger partial charge is 0.235 e. The van der Waals surface area contributed by atoms with E-state index >= 15 is 0 Å². The van der Waals surface area contributed by atoms with Crippen molar-refractivity contribution < 1.29 is 0 Å². The van der Waals surface area contributed by atoms with Gasteiger partial charge >= 0.3 is 0 Å². The van der Waals surface area contributed by atoms with Crippen LogP contribution < -0.4 is 0 Å². The predicted molar refractivity (Wildman–Crippen MR) is 205 cm³/mol. The Kier molecular flexibility index (Phi) is 5.26. The summed E-state index contributed by atoms with van der Waals surface area (Å²) in [6, 6.07) is 54.7. The third-order valence-corrected chi connectivity index (χ3v) is 11.1. The first-order valence-electron chi connectivity index (χ1n) is 16.3. The largest absolute Gasteiger partial charge is 0.278 e. The Labute approximate surface area is 278 Å². The van der Waals surface area contributed by atoms with Gasteiger partial charge < -0.3 is 0 Å². The zero-order valence-electron chi connectivity index (χ0n) is 25.7. The van der Waals surface area contributed by atoms with Gasteiger partial charge in [0.1, 0.15) is 0 Å². The highest BCUT2D eigenvalue weighted by atomic mass is 32.1. The molecule has 0 radical (unpaired) electrons. The maximum atomic E-state index is 5.44. The molecule has 8 aromatic carbocycles.